The van der Waals surface area contributed by atoms with E-state index in [9.17, 15) is 4.39 Å². The second kappa shape index (κ2) is 5.63. The number of nitrogens with one attached hydrogen (secondary N) is 1. The highest BCUT2D eigenvalue weighted by atomic mass is 19.1. The molecule has 0 spiro atoms. The topological polar surface area (TPSA) is 12.0 Å². The number of hydrogen-bond acceptors (Lipinski definition) is 1. The molecule has 1 aromatic carbocycles. The first-order valence-electron chi connectivity index (χ1n) is 6.27. The first kappa shape index (κ1) is 14.2. The fourth-order valence-electron chi connectivity index (χ4n) is 2.02. The van der Waals surface area contributed by atoms with Crippen LogP contribution in [-0.2, 0) is 0 Å². The number of rotatable bonds is 4. The molecule has 0 saturated carbocycles. The third-order valence-electron chi connectivity index (χ3n) is 3.15. The largest absolute Gasteiger partial charge is 0.313 e. The molecule has 0 amide bonds. The standard InChI is InChI=1S/C15H24FN/c1-11-6-7-12(16)10-13(11)14(17-5)8-9-15(2,3)4/h6-7,10,14,17H,8-9H2,1-5H3. The van der Waals surface area contributed by atoms with Gasteiger partial charge in [-0.1, -0.05) is 26.8 Å². The minimum Gasteiger partial charge on any atom is -0.313 e. The fraction of sp³-hybridized carbons (Fsp3) is 0.600. The lowest BCUT2D eigenvalue weighted by Crippen LogP contribution is -2.20. The van der Waals surface area contributed by atoms with Crippen LogP contribution in [0.4, 0.5) is 4.39 Å². The van der Waals surface area contributed by atoms with E-state index in [4.69, 9.17) is 0 Å². The smallest absolute Gasteiger partial charge is 0.123 e. The van der Waals surface area contributed by atoms with Crippen LogP contribution in [-0.4, -0.2) is 7.05 Å². The van der Waals surface area contributed by atoms with Crippen LogP contribution in [0.15, 0.2) is 18.2 Å². The minimum atomic E-state index is -0.151. The van der Waals surface area contributed by atoms with Gasteiger partial charge < -0.3 is 5.32 Å². The molecule has 1 unspecified atom stereocenters. The molecule has 1 aromatic rings. The van der Waals surface area contributed by atoms with E-state index < -0.39 is 0 Å². The first-order chi connectivity index (χ1) is 7.83. The van der Waals surface area contributed by atoms with Gasteiger partial charge in [0.15, 0.2) is 0 Å². The molecule has 0 radical (unpaired) electrons. The van der Waals surface area contributed by atoms with E-state index in [0.717, 1.165) is 24.0 Å². The first-order valence-corrected chi connectivity index (χ1v) is 6.27. The number of hydrogen-bond donors (Lipinski definition) is 1. The lowest BCUT2D eigenvalue weighted by atomic mass is 9.86. The van der Waals surface area contributed by atoms with Gasteiger partial charge in [-0.05, 0) is 55.5 Å². The van der Waals surface area contributed by atoms with Gasteiger partial charge in [0.05, 0.1) is 0 Å². The summed E-state index contributed by atoms with van der Waals surface area (Å²) in [6.45, 7) is 8.74. The van der Waals surface area contributed by atoms with Crippen LogP contribution in [0, 0.1) is 18.2 Å². The lowest BCUT2D eigenvalue weighted by Gasteiger charge is -2.24. The summed E-state index contributed by atoms with van der Waals surface area (Å²) in [5.74, 6) is -0.151. The maximum absolute atomic E-state index is 13.3. The van der Waals surface area contributed by atoms with E-state index in [0.29, 0.717) is 5.41 Å². The van der Waals surface area contributed by atoms with Gasteiger partial charge in [0.25, 0.3) is 0 Å². The van der Waals surface area contributed by atoms with E-state index in [1.807, 2.05) is 20.0 Å². The molecule has 0 aliphatic rings. The molecule has 1 rings (SSSR count). The van der Waals surface area contributed by atoms with Gasteiger partial charge in [-0.3, -0.25) is 0 Å². The molecule has 1 N–H and O–H groups in total. The number of benzene rings is 1. The predicted octanol–water partition coefficient (Wildman–Crippen LogP) is 4.22. The predicted molar refractivity (Wildman–Crippen MR) is 71.6 cm³/mol. The molecule has 0 heterocycles. The lowest BCUT2D eigenvalue weighted by molar-refractivity contribution is 0.337. The van der Waals surface area contributed by atoms with Gasteiger partial charge in [0, 0.05) is 6.04 Å². The molecule has 0 saturated heterocycles. The summed E-state index contributed by atoms with van der Waals surface area (Å²) in [6.07, 6.45) is 2.15. The summed E-state index contributed by atoms with van der Waals surface area (Å²) >= 11 is 0. The SMILES string of the molecule is CNC(CCC(C)(C)C)c1cc(F)ccc1C. The molecule has 0 fully saturated rings. The van der Waals surface area contributed by atoms with Crippen LogP contribution in [0.2, 0.25) is 0 Å². The number of halogens is 1. The van der Waals surface area contributed by atoms with Crippen molar-refractivity contribution >= 4 is 0 Å². The van der Waals surface area contributed by atoms with E-state index in [1.54, 1.807) is 6.07 Å². The van der Waals surface area contributed by atoms with Crippen LogP contribution in [0.1, 0.15) is 50.8 Å². The Kier molecular flexibility index (Phi) is 4.70. The summed E-state index contributed by atoms with van der Waals surface area (Å²) in [7, 11) is 1.94. The highest BCUT2D eigenvalue weighted by Crippen LogP contribution is 2.28. The fourth-order valence-corrected chi connectivity index (χ4v) is 2.02. The van der Waals surface area contributed by atoms with Crippen molar-refractivity contribution in [1.29, 1.82) is 0 Å². The summed E-state index contributed by atoms with van der Waals surface area (Å²) in [5.41, 5.74) is 2.55. The monoisotopic (exact) mass is 237 g/mol. The zero-order valence-electron chi connectivity index (χ0n) is 11.6. The molecule has 0 aliphatic carbocycles. The van der Waals surface area contributed by atoms with Gasteiger partial charge in [-0.15, -0.1) is 0 Å². The highest BCUT2D eigenvalue weighted by Gasteiger charge is 2.17. The van der Waals surface area contributed by atoms with Crippen molar-refractivity contribution in [3.8, 4) is 0 Å². The summed E-state index contributed by atoms with van der Waals surface area (Å²) < 4.78 is 13.3. The minimum absolute atomic E-state index is 0.151. The Morgan fingerprint density at radius 3 is 2.47 bits per heavy atom. The normalized spacial score (nSPS) is 13.8. The van der Waals surface area contributed by atoms with Gasteiger partial charge >= 0.3 is 0 Å². The zero-order valence-corrected chi connectivity index (χ0v) is 11.6. The molecule has 2 heteroatoms. The Hall–Kier alpha value is -0.890. The molecular formula is C15H24FN. The Morgan fingerprint density at radius 1 is 1.29 bits per heavy atom. The second-order valence-electron chi connectivity index (χ2n) is 5.94. The quantitative estimate of drug-likeness (QED) is 0.826. The number of aryl methyl sites for hydroxylation is 1. The molecular weight excluding hydrogens is 213 g/mol. The second-order valence-corrected chi connectivity index (χ2v) is 5.94. The zero-order chi connectivity index (χ0) is 13.1. The van der Waals surface area contributed by atoms with Crippen molar-refractivity contribution in [2.24, 2.45) is 5.41 Å². The molecule has 1 nitrogen and oxygen atoms in total. The summed E-state index contributed by atoms with van der Waals surface area (Å²) in [6, 6.07) is 5.27. The molecule has 96 valence electrons. The van der Waals surface area contributed by atoms with Crippen molar-refractivity contribution in [3.63, 3.8) is 0 Å². The van der Waals surface area contributed by atoms with Crippen molar-refractivity contribution in [2.75, 3.05) is 7.05 Å². The van der Waals surface area contributed by atoms with Crippen molar-refractivity contribution in [1.82, 2.24) is 5.32 Å². The van der Waals surface area contributed by atoms with Crippen LogP contribution in [0.3, 0.4) is 0 Å². The van der Waals surface area contributed by atoms with E-state index in [-0.39, 0.29) is 11.9 Å². The van der Waals surface area contributed by atoms with Crippen LogP contribution >= 0.6 is 0 Å². The van der Waals surface area contributed by atoms with Gasteiger partial charge in [-0.25, -0.2) is 4.39 Å². The van der Waals surface area contributed by atoms with Crippen molar-refractivity contribution < 1.29 is 4.39 Å². The van der Waals surface area contributed by atoms with Crippen LogP contribution in [0.25, 0.3) is 0 Å². The maximum atomic E-state index is 13.3. The van der Waals surface area contributed by atoms with Gasteiger partial charge in [-0.2, -0.15) is 0 Å². The van der Waals surface area contributed by atoms with E-state index in [2.05, 4.69) is 26.1 Å². The summed E-state index contributed by atoms with van der Waals surface area (Å²) in [5, 5.41) is 3.29. The van der Waals surface area contributed by atoms with Gasteiger partial charge in [0.1, 0.15) is 5.82 Å². The van der Waals surface area contributed by atoms with Crippen LogP contribution < -0.4 is 5.32 Å². The molecule has 0 aliphatic heterocycles. The van der Waals surface area contributed by atoms with E-state index in [1.165, 1.54) is 6.07 Å². The Bertz CT molecular complexity index is 366. The maximum Gasteiger partial charge on any atom is 0.123 e. The van der Waals surface area contributed by atoms with Crippen molar-refractivity contribution in [3.05, 3.63) is 35.1 Å². The Balaban J connectivity index is 2.82. The highest BCUT2D eigenvalue weighted by molar-refractivity contribution is 5.29. The Labute approximate surface area is 104 Å². The molecule has 0 aromatic heterocycles. The third-order valence-corrected chi connectivity index (χ3v) is 3.15. The third kappa shape index (κ3) is 4.47. The van der Waals surface area contributed by atoms with Crippen LogP contribution in [0.5, 0.6) is 0 Å². The van der Waals surface area contributed by atoms with E-state index >= 15 is 0 Å². The average molecular weight is 237 g/mol. The van der Waals surface area contributed by atoms with Crippen molar-refractivity contribution in [2.45, 2.75) is 46.6 Å². The molecule has 17 heavy (non-hydrogen) atoms. The molecule has 0 bridgehead atoms. The molecule has 1 atom stereocenters. The Morgan fingerprint density at radius 2 is 1.94 bits per heavy atom. The average Bonchev–Trinajstić information content (AvgIpc) is 2.22. The summed E-state index contributed by atoms with van der Waals surface area (Å²) in [4.78, 5) is 0. The van der Waals surface area contributed by atoms with Gasteiger partial charge in [0.2, 0.25) is 0 Å².